The summed E-state index contributed by atoms with van der Waals surface area (Å²) in [6.45, 7) is 1.44. The molecule has 94 valence electrons. The molecule has 0 spiro atoms. The van der Waals surface area contributed by atoms with Gasteiger partial charge in [0.05, 0.1) is 16.0 Å². The van der Waals surface area contributed by atoms with Crippen LogP contribution in [0, 0.1) is 0 Å². The Morgan fingerprint density at radius 3 is 2.78 bits per heavy atom. The highest BCUT2D eigenvalue weighted by Gasteiger charge is 2.05. The van der Waals surface area contributed by atoms with Gasteiger partial charge in [0.25, 0.3) is 5.91 Å². The van der Waals surface area contributed by atoms with Gasteiger partial charge in [-0.05, 0) is 12.1 Å². The van der Waals surface area contributed by atoms with E-state index in [4.69, 9.17) is 0 Å². The van der Waals surface area contributed by atoms with Gasteiger partial charge in [0.2, 0.25) is 0 Å². The van der Waals surface area contributed by atoms with Crippen molar-refractivity contribution in [3.05, 3.63) is 29.1 Å². The summed E-state index contributed by atoms with van der Waals surface area (Å²) in [5.41, 5.74) is 1.05. The zero-order valence-corrected chi connectivity index (χ0v) is 11.7. The van der Waals surface area contributed by atoms with Crippen LogP contribution < -0.4 is 4.80 Å². The van der Waals surface area contributed by atoms with E-state index in [1.165, 1.54) is 18.3 Å². The second-order valence-electron chi connectivity index (χ2n) is 3.70. The van der Waals surface area contributed by atoms with Crippen LogP contribution in [0.5, 0.6) is 0 Å². The minimum Gasteiger partial charge on any atom is -0.319 e. The third-order valence-electron chi connectivity index (χ3n) is 2.33. The van der Waals surface area contributed by atoms with E-state index < -0.39 is 0 Å². The van der Waals surface area contributed by atoms with Crippen LogP contribution in [0.25, 0.3) is 10.2 Å². The Morgan fingerprint density at radius 1 is 1.39 bits per heavy atom. The number of rotatable bonds is 2. The molecule has 0 aliphatic heterocycles. The van der Waals surface area contributed by atoms with Crippen molar-refractivity contribution < 1.29 is 9.59 Å². The van der Waals surface area contributed by atoms with E-state index in [1.54, 1.807) is 0 Å². The smallest absolute Gasteiger partial charge is 0.258 e. The van der Waals surface area contributed by atoms with E-state index in [0.717, 1.165) is 22.0 Å². The Hall–Kier alpha value is -1.40. The number of nitrogens with zero attached hydrogens (tertiary/aromatic N) is 2. The van der Waals surface area contributed by atoms with E-state index in [9.17, 15) is 9.59 Å². The van der Waals surface area contributed by atoms with Crippen LogP contribution in [-0.4, -0.2) is 21.3 Å². The van der Waals surface area contributed by atoms with E-state index in [1.807, 2.05) is 35.9 Å². The minimum atomic E-state index is -0.280. The molecule has 6 heteroatoms. The first kappa shape index (κ1) is 13.0. The SMILES string of the molecule is CC(=O)SCC(=O)N=c1sc2ccccc2n1C. The molecule has 0 saturated heterocycles. The first-order chi connectivity index (χ1) is 8.58. The molecule has 2 rings (SSSR count). The topological polar surface area (TPSA) is 51.4 Å². The number of aromatic nitrogens is 1. The van der Waals surface area contributed by atoms with Gasteiger partial charge in [0.15, 0.2) is 9.92 Å². The van der Waals surface area contributed by atoms with Gasteiger partial charge in [-0.15, -0.1) is 0 Å². The molecule has 1 amide bonds. The largest absolute Gasteiger partial charge is 0.319 e. The highest BCUT2D eigenvalue weighted by atomic mass is 32.2. The molecule has 18 heavy (non-hydrogen) atoms. The molecule has 0 aliphatic rings. The molecular formula is C12H12N2O2S2. The Morgan fingerprint density at radius 2 is 2.11 bits per heavy atom. The van der Waals surface area contributed by atoms with Crippen LogP contribution in [-0.2, 0) is 16.6 Å². The number of benzene rings is 1. The Bertz CT molecular complexity index is 670. The molecule has 0 N–H and O–H groups in total. The van der Waals surface area contributed by atoms with Gasteiger partial charge in [-0.2, -0.15) is 4.99 Å². The van der Waals surface area contributed by atoms with Crippen LogP contribution in [0.2, 0.25) is 0 Å². The number of carbonyl (C=O) groups excluding carboxylic acids is 2. The molecule has 1 aromatic carbocycles. The van der Waals surface area contributed by atoms with E-state index >= 15 is 0 Å². The van der Waals surface area contributed by atoms with Crippen LogP contribution in [0.1, 0.15) is 6.92 Å². The molecule has 1 heterocycles. The van der Waals surface area contributed by atoms with Crippen molar-refractivity contribution in [2.24, 2.45) is 12.0 Å². The van der Waals surface area contributed by atoms with Gasteiger partial charge in [0.1, 0.15) is 0 Å². The first-order valence-corrected chi connectivity index (χ1v) is 7.13. The summed E-state index contributed by atoms with van der Waals surface area (Å²) in [6.07, 6.45) is 0. The fourth-order valence-corrected chi connectivity index (χ4v) is 2.92. The normalized spacial score (nSPS) is 12.0. The second-order valence-corrected chi connectivity index (χ2v) is 5.86. The number of thioether (sulfide) groups is 1. The standard InChI is InChI=1S/C12H12N2O2S2/c1-8(15)17-7-11(16)13-12-14(2)9-5-3-4-6-10(9)18-12/h3-6H,7H2,1-2H3. The third kappa shape index (κ3) is 2.88. The molecule has 0 radical (unpaired) electrons. The first-order valence-electron chi connectivity index (χ1n) is 5.33. The molecule has 0 atom stereocenters. The maximum Gasteiger partial charge on any atom is 0.258 e. The van der Waals surface area contributed by atoms with Gasteiger partial charge in [-0.3, -0.25) is 9.59 Å². The number of aryl methyl sites for hydroxylation is 1. The van der Waals surface area contributed by atoms with Crippen molar-refractivity contribution in [1.82, 2.24) is 4.57 Å². The third-order valence-corrected chi connectivity index (χ3v) is 4.24. The summed E-state index contributed by atoms with van der Waals surface area (Å²) in [5, 5.41) is -0.0701. The summed E-state index contributed by atoms with van der Waals surface area (Å²) >= 11 is 2.45. The predicted octanol–water partition coefficient (Wildman–Crippen LogP) is 1.95. The van der Waals surface area contributed by atoms with Crippen LogP contribution in [0.15, 0.2) is 29.3 Å². The molecule has 0 fully saturated rings. The molecule has 2 aromatic rings. The molecule has 0 bridgehead atoms. The Kier molecular flexibility index (Phi) is 3.98. The number of amides is 1. The number of thiazole rings is 1. The maximum atomic E-state index is 11.6. The average Bonchev–Trinajstić information content (AvgIpc) is 2.65. The maximum absolute atomic E-state index is 11.6. The predicted molar refractivity (Wildman–Crippen MR) is 74.5 cm³/mol. The van der Waals surface area contributed by atoms with E-state index in [2.05, 4.69) is 4.99 Å². The second kappa shape index (κ2) is 5.49. The number of para-hydroxylation sites is 1. The Balaban J connectivity index is 2.33. The van der Waals surface area contributed by atoms with Crippen molar-refractivity contribution in [3.63, 3.8) is 0 Å². The summed E-state index contributed by atoms with van der Waals surface area (Å²) in [5.74, 6) is -0.179. The molecule has 0 unspecified atom stereocenters. The fourth-order valence-electron chi connectivity index (χ4n) is 1.49. The zero-order valence-electron chi connectivity index (χ0n) is 10.0. The summed E-state index contributed by atoms with van der Waals surface area (Å²) in [4.78, 5) is 27.1. The van der Waals surface area contributed by atoms with Crippen molar-refractivity contribution >= 4 is 44.3 Å². The molecular weight excluding hydrogens is 268 g/mol. The fraction of sp³-hybridized carbons (Fsp3) is 0.250. The number of fused-ring (bicyclic) bond motifs is 1. The molecule has 1 aromatic heterocycles. The van der Waals surface area contributed by atoms with Crippen LogP contribution in [0.3, 0.4) is 0 Å². The monoisotopic (exact) mass is 280 g/mol. The number of carbonyl (C=O) groups is 2. The summed E-state index contributed by atoms with van der Waals surface area (Å²) < 4.78 is 2.97. The highest BCUT2D eigenvalue weighted by molar-refractivity contribution is 8.14. The lowest BCUT2D eigenvalue weighted by Crippen LogP contribution is -2.14. The van der Waals surface area contributed by atoms with Gasteiger partial charge < -0.3 is 4.57 Å². The van der Waals surface area contributed by atoms with Crippen LogP contribution in [0.4, 0.5) is 0 Å². The summed E-state index contributed by atoms with van der Waals surface area (Å²) in [7, 11) is 1.88. The molecule has 0 aliphatic carbocycles. The van der Waals surface area contributed by atoms with E-state index in [-0.39, 0.29) is 16.8 Å². The highest BCUT2D eigenvalue weighted by Crippen LogP contribution is 2.15. The number of hydrogen-bond donors (Lipinski definition) is 0. The Labute approximate surface area is 112 Å². The zero-order chi connectivity index (χ0) is 13.1. The van der Waals surface area contributed by atoms with Gasteiger partial charge in [-0.1, -0.05) is 35.2 Å². The minimum absolute atomic E-state index is 0.0701. The van der Waals surface area contributed by atoms with Crippen molar-refractivity contribution in [3.8, 4) is 0 Å². The van der Waals surface area contributed by atoms with E-state index in [0.29, 0.717) is 4.80 Å². The lowest BCUT2D eigenvalue weighted by atomic mass is 10.3. The van der Waals surface area contributed by atoms with Crippen LogP contribution >= 0.6 is 23.1 Å². The summed E-state index contributed by atoms with van der Waals surface area (Å²) in [6, 6.07) is 7.88. The van der Waals surface area contributed by atoms with Crippen molar-refractivity contribution in [2.75, 3.05) is 5.75 Å². The molecule has 0 saturated carbocycles. The van der Waals surface area contributed by atoms with Crippen molar-refractivity contribution in [1.29, 1.82) is 0 Å². The average molecular weight is 280 g/mol. The lowest BCUT2D eigenvalue weighted by molar-refractivity contribution is -0.116. The van der Waals surface area contributed by atoms with Gasteiger partial charge >= 0.3 is 0 Å². The van der Waals surface area contributed by atoms with Crippen molar-refractivity contribution in [2.45, 2.75) is 6.92 Å². The lowest BCUT2D eigenvalue weighted by Gasteiger charge is -1.94. The molecule has 4 nitrogen and oxygen atoms in total. The van der Waals surface area contributed by atoms with Gasteiger partial charge in [-0.25, -0.2) is 0 Å². The van der Waals surface area contributed by atoms with Gasteiger partial charge in [0, 0.05) is 14.0 Å². The number of hydrogen-bond acceptors (Lipinski definition) is 4. The quantitative estimate of drug-likeness (QED) is 0.845.